The van der Waals surface area contributed by atoms with Gasteiger partial charge in [-0.3, -0.25) is 0 Å². The second-order valence-corrected chi connectivity index (χ2v) is 7.69. The molecule has 0 amide bonds. The van der Waals surface area contributed by atoms with E-state index < -0.39 is 42.6 Å². The zero-order valence-corrected chi connectivity index (χ0v) is 15.8. The minimum atomic E-state index is -4.76. The maximum Gasteiger partial charge on any atom is 0.461 e. The van der Waals surface area contributed by atoms with Gasteiger partial charge in [-0.2, -0.15) is 30.7 Å². The van der Waals surface area contributed by atoms with E-state index in [2.05, 4.69) is 10.1 Å². The van der Waals surface area contributed by atoms with Gasteiger partial charge in [-0.25, -0.2) is 0 Å². The van der Waals surface area contributed by atoms with Crippen molar-refractivity contribution >= 4 is 0 Å². The summed E-state index contributed by atoms with van der Waals surface area (Å²) in [6, 6.07) is 5.21. The van der Waals surface area contributed by atoms with Crippen LogP contribution in [-0.4, -0.2) is 42.0 Å². The summed E-state index contributed by atoms with van der Waals surface area (Å²) in [5.41, 5.74) is -0.320. The van der Waals surface area contributed by atoms with Gasteiger partial charge >= 0.3 is 18.7 Å². The Morgan fingerprint density at radius 1 is 1.17 bits per heavy atom. The third-order valence-electron chi connectivity index (χ3n) is 5.23. The molecule has 0 aromatic heterocycles. The smallest absolute Gasteiger partial charge is 0.428 e. The predicted octanol–water partition coefficient (Wildman–Crippen LogP) is 4.93. The summed E-state index contributed by atoms with van der Waals surface area (Å²) in [7, 11) is 0. The summed E-state index contributed by atoms with van der Waals surface area (Å²) < 4.78 is 93.0. The van der Waals surface area contributed by atoms with E-state index in [0.717, 1.165) is 18.9 Å². The first kappa shape index (κ1) is 23.7. The second kappa shape index (κ2) is 9.07. The molecule has 166 valence electrons. The summed E-state index contributed by atoms with van der Waals surface area (Å²) in [6.07, 6.45) is -13.2. The van der Waals surface area contributed by atoms with Gasteiger partial charge < -0.3 is 15.2 Å². The molecule has 1 unspecified atom stereocenters. The molecule has 1 aliphatic carbocycles. The fourth-order valence-corrected chi connectivity index (χ4v) is 3.47. The Labute approximate surface area is 164 Å². The quantitative estimate of drug-likeness (QED) is 0.574. The average molecular weight is 431 g/mol. The van der Waals surface area contributed by atoms with Crippen molar-refractivity contribution in [3.05, 3.63) is 29.8 Å². The lowest BCUT2D eigenvalue weighted by Gasteiger charge is -2.41. The third-order valence-corrected chi connectivity index (χ3v) is 5.23. The van der Waals surface area contributed by atoms with Gasteiger partial charge in [0, 0.05) is 12.1 Å². The molecule has 1 fully saturated rings. The number of aliphatic hydroxyl groups is 1. The van der Waals surface area contributed by atoms with Crippen LogP contribution in [0, 0.1) is 5.92 Å². The molecule has 1 aliphatic rings. The number of hydrogen-bond acceptors (Lipinski definition) is 3. The number of nitrogens with one attached hydrogen (secondary N) is 1. The van der Waals surface area contributed by atoms with Crippen molar-refractivity contribution in [2.45, 2.75) is 69.4 Å². The normalized spacial score (nSPS) is 24.6. The number of alkyl halides is 7. The highest BCUT2D eigenvalue weighted by Gasteiger charge is 2.44. The van der Waals surface area contributed by atoms with Crippen molar-refractivity contribution in [1.82, 2.24) is 5.32 Å². The van der Waals surface area contributed by atoms with Crippen molar-refractivity contribution < 1.29 is 40.6 Å². The van der Waals surface area contributed by atoms with Crippen molar-refractivity contribution in [2.75, 3.05) is 6.54 Å². The fraction of sp³-hybridized carbons (Fsp3) is 0.684. The first-order valence-electron chi connectivity index (χ1n) is 9.27. The lowest BCUT2D eigenvalue weighted by atomic mass is 9.74. The highest BCUT2D eigenvalue weighted by Crippen LogP contribution is 2.36. The first-order chi connectivity index (χ1) is 13.3. The molecule has 0 radical (unpaired) electrons. The summed E-state index contributed by atoms with van der Waals surface area (Å²) >= 11 is 0. The van der Waals surface area contributed by atoms with Crippen molar-refractivity contribution in [3.63, 3.8) is 0 Å². The van der Waals surface area contributed by atoms with Gasteiger partial charge in [0.25, 0.3) is 0 Å². The zero-order chi connectivity index (χ0) is 21.9. The van der Waals surface area contributed by atoms with Gasteiger partial charge in [0.15, 0.2) is 6.10 Å². The van der Waals surface area contributed by atoms with Crippen LogP contribution in [0.15, 0.2) is 24.3 Å². The zero-order valence-electron chi connectivity index (χ0n) is 15.8. The summed E-state index contributed by atoms with van der Waals surface area (Å²) in [6.45, 7) is 1.33. The van der Waals surface area contributed by atoms with E-state index >= 15 is 0 Å². The van der Waals surface area contributed by atoms with E-state index in [1.54, 1.807) is 6.07 Å². The molecule has 0 aliphatic heterocycles. The molecule has 2 N–H and O–H groups in total. The number of ether oxygens (including phenoxy) is 1. The van der Waals surface area contributed by atoms with Crippen LogP contribution in [0.4, 0.5) is 30.7 Å². The van der Waals surface area contributed by atoms with Crippen molar-refractivity contribution in [3.8, 4) is 5.75 Å². The average Bonchev–Trinajstić information content (AvgIpc) is 2.61. The molecule has 29 heavy (non-hydrogen) atoms. The molecule has 1 aromatic carbocycles. The number of aliphatic hydroxyl groups excluding tert-OH is 1. The monoisotopic (exact) mass is 431 g/mol. The van der Waals surface area contributed by atoms with Crippen molar-refractivity contribution in [1.29, 1.82) is 0 Å². The van der Waals surface area contributed by atoms with E-state index in [4.69, 9.17) is 0 Å². The van der Waals surface area contributed by atoms with E-state index in [0.29, 0.717) is 24.3 Å². The Bertz CT molecular complexity index is 658. The Balaban J connectivity index is 2.16. The Morgan fingerprint density at radius 3 is 2.34 bits per heavy atom. The highest BCUT2D eigenvalue weighted by atomic mass is 19.4. The van der Waals surface area contributed by atoms with Crippen LogP contribution < -0.4 is 10.1 Å². The van der Waals surface area contributed by atoms with Crippen LogP contribution in [0.3, 0.4) is 0 Å². The lowest BCUT2D eigenvalue weighted by Crippen LogP contribution is -2.53. The molecule has 0 heterocycles. The van der Waals surface area contributed by atoms with E-state index in [-0.39, 0.29) is 6.42 Å². The molecular weight excluding hydrogens is 407 g/mol. The summed E-state index contributed by atoms with van der Waals surface area (Å²) in [4.78, 5) is 0. The number of rotatable bonds is 8. The van der Waals surface area contributed by atoms with E-state index in [1.165, 1.54) is 12.1 Å². The Kier molecular flexibility index (Phi) is 7.42. The minimum absolute atomic E-state index is 0.182. The van der Waals surface area contributed by atoms with Gasteiger partial charge in [-0.1, -0.05) is 19.1 Å². The molecule has 10 heteroatoms. The number of halogens is 7. The number of β-amino-alcohol motifs (C(OH)–C–C–N with tert-alkyl or cyclic N) is 1. The standard InChI is InChI=1S/C19H24F7NO2/c1-12-5-7-17(8-6-12,27-11-15(28)18(22,23)24)10-13-3-2-4-14(9-13)29-19(25,26)16(20)21/h2-4,9,12,15-16,27-28H,5-8,10-11H2,1H3. The minimum Gasteiger partial charge on any atom is -0.428 e. The fourth-order valence-electron chi connectivity index (χ4n) is 3.47. The maximum absolute atomic E-state index is 13.1. The predicted molar refractivity (Wildman–Crippen MR) is 92.2 cm³/mol. The maximum atomic E-state index is 13.1. The molecule has 2 rings (SSSR count). The first-order valence-corrected chi connectivity index (χ1v) is 9.27. The van der Waals surface area contributed by atoms with Crippen LogP contribution >= 0.6 is 0 Å². The van der Waals surface area contributed by atoms with Gasteiger partial charge in [-0.05, 0) is 55.7 Å². The molecule has 1 aromatic rings. The van der Waals surface area contributed by atoms with Crippen LogP contribution in [0.1, 0.15) is 38.2 Å². The molecule has 1 atom stereocenters. The number of benzene rings is 1. The molecule has 0 saturated heterocycles. The van der Waals surface area contributed by atoms with Crippen LogP contribution in [0.5, 0.6) is 5.75 Å². The number of hydrogen-bond donors (Lipinski definition) is 2. The van der Waals surface area contributed by atoms with E-state index in [1.807, 2.05) is 6.92 Å². The summed E-state index contributed by atoms with van der Waals surface area (Å²) in [5.74, 6) is -0.0701. The second-order valence-electron chi connectivity index (χ2n) is 7.69. The van der Waals surface area contributed by atoms with Gasteiger partial charge in [-0.15, -0.1) is 0 Å². The van der Waals surface area contributed by atoms with Crippen LogP contribution in [0.2, 0.25) is 0 Å². The molecule has 1 saturated carbocycles. The van der Waals surface area contributed by atoms with Gasteiger partial charge in [0.1, 0.15) is 5.75 Å². The molecule has 0 bridgehead atoms. The molecular formula is C19H24F7NO2. The third kappa shape index (κ3) is 6.74. The highest BCUT2D eigenvalue weighted by molar-refractivity contribution is 5.30. The van der Waals surface area contributed by atoms with E-state index in [9.17, 15) is 35.8 Å². The van der Waals surface area contributed by atoms with Gasteiger partial charge in [0.2, 0.25) is 0 Å². The Morgan fingerprint density at radius 2 is 1.79 bits per heavy atom. The SMILES string of the molecule is CC1CCC(Cc2cccc(OC(F)(F)C(F)F)c2)(NCC(O)C(F)(F)F)CC1. The summed E-state index contributed by atoms with van der Waals surface area (Å²) in [5, 5.41) is 12.1. The van der Waals surface area contributed by atoms with Crippen LogP contribution in [0.25, 0.3) is 0 Å². The van der Waals surface area contributed by atoms with Gasteiger partial charge in [0.05, 0.1) is 0 Å². The van der Waals surface area contributed by atoms with Crippen molar-refractivity contribution in [2.24, 2.45) is 5.92 Å². The topological polar surface area (TPSA) is 41.5 Å². The lowest BCUT2D eigenvalue weighted by molar-refractivity contribution is -0.253. The molecule has 3 nitrogen and oxygen atoms in total. The largest absolute Gasteiger partial charge is 0.461 e. The van der Waals surface area contributed by atoms with Crippen LogP contribution in [-0.2, 0) is 6.42 Å². The Hall–Kier alpha value is -1.55. The molecule has 0 spiro atoms.